The van der Waals surface area contributed by atoms with Crippen LogP contribution >= 0.6 is 0 Å². The van der Waals surface area contributed by atoms with Crippen molar-refractivity contribution in [3.8, 4) is 0 Å². The Hall–Kier alpha value is -0.160. The van der Waals surface area contributed by atoms with Gasteiger partial charge in [-0.15, -0.1) is 0 Å². The highest BCUT2D eigenvalue weighted by atomic mass is 16.5. The molecule has 0 radical (unpaired) electrons. The Bertz CT molecular complexity index is 124. The standard InChI is InChI=1S/C10H24N2O2/c1-11(2)7-9(13-5)10(14-6)8-12(3)4/h9-10H,7-8H2,1-6H3/t9-,10-/m0/s1. The minimum atomic E-state index is 0.123. The zero-order valence-electron chi connectivity index (χ0n) is 10.3. The predicted octanol–water partition coefficient (Wildman–Crippen LogP) is 0.140. The van der Waals surface area contributed by atoms with E-state index in [9.17, 15) is 0 Å². The molecule has 0 saturated carbocycles. The second kappa shape index (κ2) is 7.17. The summed E-state index contributed by atoms with van der Waals surface area (Å²) in [4.78, 5) is 4.21. The maximum atomic E-state index is 5.42. The number of hydrogen-bond donors (Lipinski definition) is 0. The molecule has 0 fully saturated rings. The van der Waals surface area contributed by atoms with Crippen LogP contribution in [0.4, 0.5) is 0 Å². The van der Waals surface area contributed by atoms with Gasteiger partial charge < -0.3 is 19.3 Å². The third-order valence-electron chi connectivity index (χ3n) is 2.11. The van der Waals surface area contributed by atoms with Crippen LogP contribution in [-0.4, -0.2) is 77.5 Å². The van der Waals surface area contributed by atoms with Gasteiger partial charge in [-0.3, -0.25) is 0 Å². The number of hydrogen-bond acceptors (Lipinski definition) is 4. The van der Waals surface area contributed by atoms with Crippen LogP contribution in [0.25, 0.3) is 0 Å². The molecule has 0 bridgehead atoms. The fraction of sp³-hybridized carbons (Fsp3) is 1.00. The Morgan fingerprint density at radius 2 is 1.07 bits per heavy atom. The number of methoxy groups -OCH3 is 2. The van der Waals surface area contributed by atoms with Crippen molar-refractivity contribution in [1.29, 1.82) is 0 Å². The van der Waals surface area contributed by atoms with Crippen molar-refractivity contribution in [2.24, 2.45) is 0 Å². The Kier molecular flexibility index (Phi) is 7.09. The molecule has 0 aliphatic carbocycles. The molecule has 0 heterocycles. The molecule has 14 heavy (non-hydrogen) atoms. The van der Waals surface area contributed by atoms with Crippen molar-refractivity contribution in [1.82, 2.24) is 9.80 Å². The van der Waals surface area contributed by atoms with E-state index in [4.69, 9.17) is 9.47 Å². The topological polar surface area (TPSA) is 24.9 Å². The summed E-state index contributed by atoms with van der Waals surface area (Å²) in [6.07, 6.45) is 0.245. The van der Waals surface area contributed by atoms with Crippen LogP contribution in [0, 0.1) is 0 Å². The molecule has 0 aromatic carbocycles. The van der Waals surface area contributed by atoms with E-state index in [0.717, 1.165) is 13.1 Å². The fourth-order valence-electron chi connectivity index (χ4n) is 1.41. The van der Waals surface area contributed by atoms with Gasteiger partial charge in [0.25, 0.3) is 0 Å². The maximum Gasteiger partial charge on any atom is 0.0971 e. The van der Waals surface area contributed by atoms with Gasteiger partial charge >= 0.3 is 0 Å². The Morgan fingerprint density at radius 3 is 1.21 bits per heavy atom. The molecular formula is C10H24N2O2. The van der Waals surface area contributed by atoms with Crippen LogP contribution in [0.2, 0.25) is 0 Å². The summed E-state index contributed by atoms with van der Waals surface area (Å²) >= 11 is 0. The molecule has 0 saturated heterocycles. The Balaban J connectivity index is 4.14. The van der Waals surface area contributed by atoms with Crippen LogP contribution in [-0.2, 0) is 9.47 Å². The molecule has 4 heteroatoms. The minimum absolute atomic E-state index is 0.123. The third kappa shape index (κ3) is 5.54. The smallest absolute Gasteiger partial charge is 0.0971 e. The van der Waals surface area contributed by atoms with Crippen LogP contribution in [0.5, 0.6) is 0 Å². The van der Waals surface area contributed by atoms with Crippen molar-refractivity contribution < 1.29 is 9.47 Å². The second-order valence-electron chi connectivity index (χ2n) is 4.07. The largest absolute Gasteiger partial charge is 0.377 e. The molecule has 2 atom stereocenters. The van der Waals surface area contributed by atoms with E-state index < -0.39 is 0 Å². The monoisotopic (exact) mass is 204 g/mol. The van der Waals surface area contributed by atoms with Crippen LogP contribution in [0.15, 0.2) is 0 Å². The summed E-state index contributed by atoms with van der Waals surface area (Å²) in [7, 11) is 11.6. The average Bonchev–Trinajstić information content (AvgIpc) is 2.10. The van der Waals surface area contributed by atoms with Gasteiger partial charge in [-0.05, 0) is 28.2 Å². The van der Waals surface area contributed by atoms with E-state index in [0.29, 0.717) is 0 Å². The number of ether oxygens (including phenoxy) is 2. The second-order valence-corrected chi connectivity index (χ2v) is 4.07. The van der Waals surface area contributed by atoms with Gasteiger partial charge in [-0.2, -0.15) is 0 Å². The van der Waals surface area contributed by atoms with Crippen molar-refractivity contribution >= 4 is 0 Å². The molecule has 0 aromatic heterocycles. The first-order valence-corrected chi connectivity index (χ1v) is 4.86. The molecule has 0 spiro atoms. The molecule has 0 unspecified atom stereocenters. The first-order chi connectivity index (χ1) is 6.51. The number of nitrogens with zero attached hydrogens (tertiary/aromatic N) is 2. The van der Waals surface area contributed by atoms with Crippen LogP contribution in [0.3, 0.4) is 0 Å². The zero-order chi connectivity index (χ0) is 11.1. The summed E-state index contributed by atoms with van der Waals surface area (Å²) in [5, 5.41) is 0. The lowest BCUT2D eigenvalue weighted by atomic mass is 10.2. The van der Waals surface area contributed by atoms with Crippen molar-refractivity contribution in [3.63, 3.8) is 0 Å². The predicted molar refractivity (Wildman–Crippen MR) is 58.7 cm³/mol. The van der Waals surface area contributed by atoms with Crippen LogP contribution < -0.4 is 0 Å². The van der Waals surface area contributed by atoms with Crippen LogP contribution in [0.1, 0.15) is 0 Å². The quantitative estimate of drug-likeness (QED) is 0.589. The van der Waals surface area contributed by atoms with Gasteiger partial charge in [-0.1, -0.05) is 0 Å². The van der Waals surface area contributed by atoms with E-state index >= 15 is 0 Å². The van der Waals surface area contributed by atoms with E-state index in [1.54, 1.807) is 14.2 Å². The van der Waals surface area contributed by atoms with E-state index in [2.05, 4.69) is 9.80 Å². The minimum Gasteiger partial charge on any atom is -0.377 e. The van der Waals surface area contributed by atoms with Gasteiger partial charge in [0.2, 0.25) is 0 Å². The molecule has 0 amide bonds. The van der Waals surface area contributed by atoms with Gasteiger partial charge in [0, 0.05) is 27.3 Å². The molecule has 0 N–H and O–H groups in total. The average molecular weight is 204 g/mol. The lowest BCUT2D eigenvalue weighted by molar-refractivity contribution is -0.0539. The lowest BCUT2D eigenvalue weighted by Gasteiger charge is -2.29. The summed E-state index contributed by atoms with van der Waals surface area (Å²) in [6, 6.07) is 0. The Labute approximate surface area is 87.8 Å². The normalized spacial score (nSPS) is 16.3. The summed E-state index contributed by atoms with van der Waals surface area (Å²) in [6.45, 7) is 1.76. The summed E-state index contributed by atoms with van der Waals surface area (Å²) < 4.78 is 10.8. The van der Waals surface area contributed by atoms with Crippen molar-refractivity contribution in [2.45, 2.75) is 12.2 Å². The summed E-state index contributed by atoms with van der Waals surface area (Å²) in [5.41, 5.74) is 0. The molecule has 0 aromatic rings. The fourth-order valence-corrected chi connectivity index (χ4v) is 1.41. The van der Waals surface area contributed by atoms with Gasteiger partial charge in [-0.25, -0.2) is 0 Å². The summed E-state index contributed by atoms with van der Waals surface area (Å²) in [5.74, 6) is 0. The maximum absolute atomic E-state index is 5.42. The van der Waals surface area contributed by atoms with E-state index in [1.807, 2.05) is 28.2 Å². The Morgan fingerprint density at radius 1 is 0.786 bits per heavy atom. The first kappa shape index (κ1) is 13.8. The number of rotatable bonds is 7. The van der Waals surface area contributed by atoms with Gasteiger partial charge in [0.1, 0.15) is 0 Å². The zero-order valence-corrected chi connectivity index (χ0v) is 10.3. The molecule has 86 valence electrons. The highest BCUT2D eigenvalue weighted by Gasteiger charge is 2.21. The highest BCUT2D eigenvalue weighted by molar-refractivity contribution is 4.74. The molecule has 0 rings (SSSR count). The number of likely N-dealkylation sites (N-methyl/N-ethyl adjacent to an activating group) is 2. The van der Waals surface area contributed by atoms with Crippen molar-refractivity contribution in [2.75, 3.05) is 55.5 Å². The van der Waals surface area contributed by atoms with Gasteiger partial charge in [0.15, 0.2) is 0 Å². The van der Waals surface area contributed by atoms with Gasteiger partial charge in [0.05, 0.1) is 12.2 Å². The molecular weight excluding hydrogens is 180 g/mol. The third-order valence-corrected chi connectivity index (χ3v) is 2.11. The molecule has 4 nitrogen and oxygen atoms in total. The SMILES string of the molecule is CO[C@@H](CN(C)C)[C@H](CN(C)C)OC. The molecule has 0 aliphatic heterocycles. The lowest BCUT2D eigenvalue weighted by Crippen LogP contribution is -2.43. The first-order valence-electron chi connectivity index (χ1n) is 4.86. The molecule has 0 aliphatic rings. The highest BCUT2D eigenvalue weighted by Crippen LogP contribution is 2.05. The van der Waals surface area contributed by atoms with Crippen molar-refractivity contribution in [3.05, 3.63) is 0 Å². The van der Waals surface area contributed by atoms with E-state index in [1.165, 1.54) is 0 Å². The van der Waals surface area contributed by atoms with E-state index in [-0.39, 0.29) is 12.2 Å².